The first-order chi connectivity index (χ1) is 22.3. The molecule has 0 aliphatic carbocycles. The summed E-state index contributed by atoms with van der Waals surface area (Å²) < 4.78 is 23.1. The van der Waals surface area contributed by atoms with Crippen molar-refractivity contribution in [2.24, 2.45) is 5.92 Å². The molecule has 2 aliphatic rings. The van der Waals surface area contributed by atoms with E-state index in [1.807, 2.05) is 49.4 Å². The second-order valence-electron chi connectivity index (χ2n) is 12.2. The summed E-state index contributed by atoms with van der Waals surface area (Å²) in [4.78, 5) is 31.2. The third-order valence-electron chi connectivity index (χ3n) is 8.29. The van der Waals surface area contributed by atoms with Crippen LogP contribution >= 0.6 is 0 Å². The minimum atomic E-state index is -0.807. The smallest absolute Gasteiger partial charge is 0.295 e. The summed E-state index contributed by atoms with van der Waals surface area (Å²) in [7, 11) is 1.56. The SMILES string of the molecule is COc1cc(C2C(=C(O)c3ccc(OCC(C)C)cc3C)C(=O)C(=O)N2CCCN2CCOCC2)ccc1OCc1ccccc1. The molecular weight excluding hydrogens is 584 g/mol. The number of carbonyl (C=O) groups is 2. The lowest BCUT2D eigenvalue weighted by atomic mass is 9.93. The zero-order chi connectivity index (χ0) is 32.6. The van der Waals surface area contributed by atoms with Crippen molar-refractivity contribution in [3.8, 4) is 17.2 Å². The van der Waals surface area contributed by atoms with Crippen LogP contribution in [0.5, 0.6) is 17.2 Å². The van der Waals surface area contributed by atoms with Crippen LogP contribution in [0.3, 0.4) is 0 Å². The van der Waals surface area contributed by atoms with Crippen LogP contribution in [0.25, 0.3) is 5.76 Å². The average Bonchev–Trinajstić information content (AvgIpc) is 3.32. The third kappa shape index (κ3) is 7.71. The van der Waals surface area contributed by atoms with Crippen molar-refractivity contribution in [2.75, 3.05) is 53.1 Å². The number of rotatable bonds is 13. The summed E-state index contributed by atoms with van der Waals surface area (Å²) in [5.74, 6) is 0.485. The predicted octanol–water partition coefficient (Wildman–Crippen LogP) is 5.76. The molecule has 1 N–H and O–H groups in total. The third-order valence-corrected chi connectivity index (χ3v) is 8.29. The highest BCUT2D eigenvalue weighted by atomic mass is 16.5. The molecule has 9 heteroatoms. The number of aliphatic hydroxyl groups excluding tert-OH is 1. The van der Waals surface area contributed by atoms with Crippen LogP contribution in [0.15, 0.2) is 72.3 Å². The van der Waals surface area contributed by atoms with Gasteiger partial charge in [0.15, 0.2) is 11.5 Å². The topological polar surface area (TPSA) is 97.8 Å². The number of aryl methyl sites for hydroxylation is 1. The lowest BCUT2D eigenvalue weighted by Gasteiger charge is -2.29. The molecule has 0 bridgehead atoms. The van der Waals surface area contributed by atoms with Crippen LogP contribution in [-0.2, 0) is 20.9 Å². The molecule has 2 fully saturated rings. The van der Waals surface area contributed by atoms with E-state index in [1.165, 1.54) is 0 Å². The van der Waals surface area contributed by atoms with Crippen molar-refractivity contribution in [3.05, 3.63) is 94.6 Å². The first kappa shape index (κ1) is 33.0. The molecule has 0 radical (unpaired) electrons. The molecule has 0 saturated carbocycles. The van der Waals surface area contributed by atoms with Crippen LogP contribution in [0, 0.1) is 12.8 Å². The van der Waals surface area contributed by atoms with E-state index in [4.69, 9.17) is 18.9 Å². The van der Waals surface area contributed by atoms with Gasteiger partial charge in [-0.05, 0) is 66.3 Å². The van der Waals surface area contributed by atoms with Crippen LogP contribution in [0.1, 0.15) is 48.6 Å². The lowest BCUT2D eigenvalue weighted by Crippen LogP contribution is -2.39. The maximum absolute atomic E-state index is 13.7. The van der Waals surface area contributed by atoms with E-state index in [9.17, 15) is 14.7 Å². The number of nitrogens with zero attached hydrogens (tertiary/aromatic N) is 2. The Morgan fingerprint density at radius 2 is 1.72 bits per heavy atom. The van der Waals surface area contributed by atoms with Crippen molar-refractivity contribution < 1.29 is 33.6 Å². The monoisotopic (exact) mass is 628 g/mol. The number of morpholine rings is 1. The Kier molecular flexibility index (Phi) is 11.0. The van der Waals surface area contributed by atoms with E-state index in [0.29, 0.717) is 73.7 Å². The van der Waals surface area contributed by atoms with E-state index in [2.05, 4.69) is 18.7 Å². The molecular formula is C37H44N2O7. The van der Waals surface area contributed by atoms with Crippen LogP contribution in [-0.4, -0.2) is 79.7 Å². The Bertz CT molecular complexity index is 1550. The van der Waals surface area contributed by atoms with Crippen molar-refractivity contribution in [1.29, 1.82) is 0 Å². The molecule has 2 heterocycles. The molecule has 1 atom stereocenters. The van der Waals surface area contributed by atoms with E-state index in [1.54, 1.807) is 36.3 Å². The summed E-state index contributed by atoms with van der Waals surface area (Å²) in [6.45, 7) is 11.1. The van der Waals surface area contributed by atoms with Gasteiger partial charge in [0.1, 0.15) is 18.1 Å². The van der Waals surface area contributed by atoms with Gasteiger partial charge in [-0.15, -0.1) is 0 Å². The van der Waals surface area contributed by atoms with Crippen LogP contribution < -0.4 is 14.2 Å². The molecule has 46 heavy (non-hydrogen) atoms. The number of ether oxygens (including phenoxy) is 4. The number of benzene rings is 3. The average molecular weight is 629 g/mol. The quantitative estimate of drug-likeness (QED) is 0.145. The van der Waals surface area contributed by atoms with Gasteiger partial charge in [-0.25, -0.2) is 0 Å². The number of hydrogen-bond acceptors (Lipinski definition) is 8. The Hall–Kier alpha value is -4.34. The Morgan fingerprint density at radius 3 is 2.41 bits per heavy atom. The van der Waals surface area contributed by atoms with E-state index >= 15 is 0 Å². The van der Waals surface area contributed by atoms with Crippen LogP contribution in [0.4, 0.5) is 0 Å². The predicted molar refractivity (Wildman–Crippen MR) is 176 cm³/mol. The summed E-state index contributed by atoms with van der Waals surface area (Å²) in [6, 6.07) is 19.8. The fraction of sp³-hybridized carbons (Fsp3) is 0.405. The number of amides is 1. The second kappa shape index (κ2) is 15.3. The maximum Gasteiger partial charge on any atom is 0.295 e. The Labute approximate surface area is 271 Å². The first-order valence-electron chi connectivity index (χ1n) is 15.9. The molecule has 244 valence electrons. The van der Waals surface area contributed by atoms with Gasteiger partial charge >= 0.3 is 0 Å². The minimum Gasteiger partial charge on any atom is -0.507 e. The van der Waals surface area contributed by atoms with Gasteiger partial charge in [-0.3, -0.25) is 14.5 Å². The second-order valence-corrected chi connectivity index (χ2v) is 12.2. The number of carbonyl (C=O) groups excluding carboxylic acids is 2. The molecule has 3 aromatic rings. The number of hydrogen-bond donors (Lipinski definition) is 1. The van der Waals surface area contributed by atoms with Gasteiger partial charge in [0.25, 0.3) is 11.7 Å². The fourth-order valence-electron chi connectivity index (χ4n) is 5.86. The largest absolute Gasteiger partial charge is 0.507 e. The molecule has 3 aromatic carbocycles. The molecule has 9 nitrogen and oxygen atoms in total. The number of methoxy groups -OCH3 is 1. The number of aliphatic hydroxyl groups is 1. The first-order valence-corrected chi connectivity index (χ1v) is 15.9. The van der Waals surface area contributed by atoms with Crippen molar-refractivity contribution in [2.45, 2.75) is 39.8 Å². The van der Waals surface area contributed by atoms with Gasteiger partial charge in [0.05, 0.1) is 38.5 Å². The zero-order valence-corrected chi connectivity index (χ0v) is 27.2. The highest BCUT2D eigenvalue weighted by Gasteiger charge is 2.46. The lowest BCUT2D eigenvalue weighted by molar-refractivity contribution is -0.140. The number of likely N-dealkylation sites (tertiary alicyclic amines) is 1. The van der Waals surface area contributed by atoms with Gasteiger partial charge < -0.3 is 29.0 Å². The number of ketones is 1. The van der Waals surface area contributed by atoms with Gasteiger partial charge in [0.2, 0.25) is 0 Å². The maximum atomic E-state index is 13.7. The van der Waals surface area contributed by atoms with Crippen molar-refractivity contribution in [3.63, 3.8) is 0 Å². The molecule has 0 spiro atoms. The molecule has 1 amide bonds. The molecule has 1 unspecified atom stereocenters. The Morgan fingerprint density at radius 1 is 0.957 bits per heavy atom. The Balaban J connectivity index is 1.48. The zero-order valence-electron chi connectivity index (χ0n) is 27.2. The highest BCUT2D eigenvalue weighted by molar-refractivity contribution is 6.46. The minimum absolute atomic E-state index is 0.0512. The van der Waals surface area contributed by atoms with E-state index in [0.717, 1.165) is 30.8 Å². The summed E-state index contributed by atoms with van der Waals surface area (Å²) in [6.07, 6.45) is 0.667. The molecule has 0 aromatic heterocycles. The van der Waals surface area contributed by atoms with Crippen molar-refractivity contribution in [1.82, 2.24) is 9.80 Å². The molecule has 2 aliphatic heterocycles. The molecule has 2 saturated heterocycles. The highest BCUT2D eigenvalue weighted by Crippen LogP contribution is 2.42. The summed E-state index contributed by atoms with van der Waals surface area (Å²) >= 11 is 0. The summed E-state index contributed by atoms with van der Waals surface area (Å²) in [5.41, 5.74) is 2.92. The van der Waals surface area contributed by atoms with Crippen molar-refractivity contribution >= 4 is 17.4 Å². The van der Waals surface area contributed by atoms with Gasteiger partial charge in [-0.2, -0.15) is 0 Å². The van der Waals surface area contributed by atoms with E-state index in [-0.39, 0.29) is 11.3 Å². The summed E-state index contributed by atoms with van der Waals surface area (Å²) in [5, 5.41) is 11.7. The molecule has 5 rings (SSSR count). The van der Waals surface area contributed by atoms with Gasteiger partial charge in [0, 0.05) is 31.7 Å². The number of Topliss-reactive ketones (excluding diaryl/α,β-unsaturated/α-hetero) is 1. The van der Waals surface area contributed by atoms with E-state index < -0.39 is 17.7 Å². The standard InChI is InChI=1S/C37H44N2O7/c1-25(2)23-45-29-12-13-30(26(3)21-29)35(40)33-34(39(37(42)36(33)41)16-8-15-38-17-19-44-20-18-38)28-11-14-31(32(22-28)43-4)46-24-27-9-6-5-7-10-27/h5-7,9-14,21-22,25,34,40H,8,15-20,23-24H2,1-4H3. The van der Waals surface area contributed by atoms with Gasteiger partial charge in [-0.1, -0.05) is 50.2 Å². The van der Waals surface area contributed by atoms with Crippen LogP contribution in [0.2, 0.25) is 0 Å². The normalized spacial score (nSPS) is 18.3. The fourth-order valence-corrected chi connectivity index (χ4v) is 5.86.